The van der Waals surface area contributed by atoms with Crippen LogP contribution in [0.5, 0.6) is 11.5 Å². The quantitative estimate of drug-likeness (QED) is 0.632. The second-order valence-corrected chi connectivity index (χ2v) is 8.52. The Morgan fingerprint density at radius 3 is 2.77 bits per heavy atom. The molecule has 2 heterocycles. The van der Waals surface area contributed by atoms with Gasteiger partial charge in [0, 0.05) is 49.5 Å². The van der Waals surface area contributed by atoms with Crippen molar-refractivity contribution in [1.29, 1.82) is 0 Å². The largest absolute Gasteiger partial charge is 0.496 e. The Labute approximate surface area is 184 Å². The number of likely N-dealkylation sites (tertiary alicyclic amines) is 1. The number of pyridine rings is 1. The predicted octanol–water partition coefficient (Wildman–Crippen LogP) is 3.32. The molecule has 0 unspecified atom stereocenters. The lowest BCUT2D eigenvalue weighted by Gasteiger charge is -2.36. The summed E-state index contributed by atoms with van der Waals surface area (Å²) < 4.78 is 11.6. The number of β-amino-alcohol motifs (C(OH)–C–C–N with tert-alkyl or cyclic N) is 1. The van der Waals surface area contributed by atoms with Gasteiger partial charge in [-0.1, -0.05) is 12.1 Å². The first-order valence-corrected chi connectivity index (χ1v) is 10.7. The summed E-state index contributed by atoms with van der Waals surface area (Å²) in [6, 6.07) is 14.3. The van der Waals surface area contributed by atoms with Gasteiger partial charge in [0.1, 0.15) is 23.7 Å². The van der Waals surface area contributed by atoms with Crippen molar-refractivity contribution in [2.75, 3.05) is 34.3 Å². The minimum absolute atomic E-state index is 0.203. The normalized spacial score (nSPS) is 19.6. The molecule has 3 aromatic rings. The number of aromatic nitrogens is 1. The number of hydrogen-bond donors (Lipinski definition) is 1. The van der Waals surface area contributed by atoms with Gasteiger partial charge in [0.25, 0.3) is 0 Å². The van der Waals surface area contributed by atoms with Gasteiger partial charge in [0.2, 0.25) is 0 Å². The van der Waals surface area contributed by atoms with Gasteiger partial charge in [0.05, 0.1) is 7.11 Å². The molecule has 0 aliphatic carbocycles. The van der Waals surface area contributed by atoms with Crippen molar-refractivity contribution in [1.82, 2.24) is 14.8 Å². The van der Waals surface area contributed by atoms with Crippen LogP contribution in [0.4, 0.5) is 0 Å². The monoisotopic (exact) mass is 421 g/mol. The zero-order valence-corrected chi connectivity index (χ0v) is 18.5. The number of piperidine rings is 1. The molecule has 31 heavy (non-hydrogen) atoms. The van der Waals surface area contributed by atoms with Crippen LogP contribution in [0.15, 0.2) is 54.9 Å². The number of fused-ring (bicyclic) bond motifs is 1. The van der Waals surface area contributed by atoms with E-state index in [2.05, 4.69) is 41.0 Å². The molecule has 1 aliphatic rings. The van der Waals surface area contributed by atoms with Crippen molar-refractivity contribution in [3.05, 3.63) is 66.0 Å². The summed E-state index contributed by atoms with van der Waals surface area (Å²) in [6.07, 6.45) is 3.67. The zero-order valence-electron chi connectivity index (χ0n) is 18.5. The molecule has 164 valence electrons. The molecule has 0 bridgehead atoms. The third kappa shape index (κ3) is 5.34. The Morgan fingerprint density at radius 2 is 2.00 bits per heavy atom. The second kappa shape index (κ2) is 9.64. The van der Waals surface area contributed by atoms with Crippen LogP contribution in [-0.2, 0) is 13.1 Å². The average molecular weight is 422 g/mol. The maximum Gasteiger partial charge on any atom is 0.127 e. The summed E-state index contributed by atoms with van der Waals surface area (Å²) in [5.41, 5.74) is 2.40. The van der Waals surface area contributed by atoms with E-state index in [1.165, 1.54) is 11.1 Å². The van der Waals surface area contributed by atoms with Gasteiger partial charge in [-0.15, -0.1) is 0 Å². The van der Waals surface area contributed by atoms with Gasteiger partial charge in [-0.3, -0.25) is 9.88 Å². The minimum atomic E-state index is -0.530. The molecule has 1 aliphatic heterocycles. The Bertz CT molecular complexity index is 1020. The van der Waals surface area contributed by atoms with E-state index in [9.17, 15) is 5.11 Å². The van der Waals surface area contributed by atoms with Crippen LogP contribution in [0.2, 0.25) is 0 Å². The second-order valence-electron chi connectivity index (χ2n) is 8.52. The molecule has 2 aromatic carbocycles. The van der Waals surface area contributed by atoms with Crippen molar-refractivity contribution in [2.24, 2.45) is 0 Å². The highest BCUT2D eigenvalue weighted by atomic mass is 16.5. The average Bonchev–Trinajstić information content (AvgIpc) is 2.75. The third-order valence-corrected chi connectivity index (χ3v) is 5.74. The molecule has 1 fully saturated rings. The minimum Gasteiger partial charge on any atom is -0.496 e. The number of ether oxygens (including phenoxy) is 2. The number of methoxy groups -OCH3 is 1. The molecule has 6 nitrogen and oxygen atoms in total. The fourth-order valence-corrected chi connectivity index (χ4v) is 4.22. The molecule has 1 N–H and O–H groups in total. The molecule has 2 atom stereocenters. The number of benzene rings is 2. The van der Waals surface area contributed by atoms with Gasteiger partial charge in [-0.2, -0.15) is 0 Å². The molecule has 0 radical (unpaired) electrons. The van der Waals surface area contributed by atoms with E-state index in [4.69, 9.17) is 9.47 Å². The fourth-order valence-electron chi connectivity index (χ4n) is 4.22. The van der Waals surface area contributed by atoms with Crippen molar-refractivity contribution in [3.8, 4) is 11.5 Å². The summed E-state index contributed by atoms with van der Waals surface area (Å²) in [7, 11) is 5.82. The summed E-state index contributed by atoms with van der Waals surface area (Å²) in [5, 5.41) is 12.9. The first-order valence-electron chi connectivity index (χ1n) is 10.7. The van der Waals surface area contributed by atoms with Gasteiger partial charge in [-0.25, -0.2) is 0 Å². The lowest BCUT2D eigenvalue weighted by atomic mass is 10.0. The number of hydrogen-bond acceptors (Lipinski definition) is 6. The highest BCUT2D eigenvalue weighted by Gasteiger charge is 2.29. The van der Waals surface area contributed by atoms with Gasteiger partial charge < -0.3 is 19.5 Å². The molecule has 0 spiro atoms. The van der Waals surface area contributed by atoms with E-state index >= 15 is 0 Å². The zero-order chi connectivity index (χ0) is 21.8. The first kappa shape index (κ1) is 21.6. The SMILES string of the molecule is COc1ccc(CN2CC[C@@H](Oc3ccc4ccncc4c3)[C@H](O)C2)cc1CN(C)C. The van der Waals surface area contributed by atoms with Gasteiger partial charge >= 0.3 is 0 Å². The predicted molar refractivity (Wildman–Crippen MR) is 122 cm³/mol. The molecular formula is C25H31N3O3. The number of rotatable bonds is 7. The van der Waals surface area contributed by atoms with E-state index in [0.717, 1.165) is 48.3 Å². The van der Waals surface area contributed by atoms with Crippen LogP contribution >= 0.6 is 0 Å². The van der Waals surface area contributed by atoms with Crippen LogP contribution in [0.1, 0.15) is 17.5 Å². The van der Waals surface area contributed by atoms with Crippen LogP contribution in [0, 0.1) is 0 Å². The summed E-state index contributed by atoms with van der Waals surface area (Å²) in [5.74, 6) is 1.69. The van der Waals surface area contributed by atoms with Crippen LogP contribution in [0.3, 0.4) is 0 Å². The summed E-state index contributed by atoms with van der Waals surface area (Å²) in [6.45, 7) is 3.10. The van der Waals surface area contributed by atoms with Crippen molar-refractivity contribution >= 4 is 10.8 Å². The van der Waals surface area contributed by atoms with Crippen LogP contribution in [-0.4, -0.2) is 66.4 Å². The van der Waals surface area contributed by atoms with E-state index in [1.54, 1.807) is 13.3 Å². The van der Waals surface area contributed by atoms with Crippen LogP contribution < -0.4 is 9.47 Å². The molecule has 6 heteroatoms. The molecule has 4 rings (SSSR count). The molecule has 0 amide bonds. The summed E-state index contributed by atoms with van der Waals surface area (Å²) >= 11 is 0. The third-order valence-electron chi connectivity index (χ3n) is 5.74. The van der Waals surface area contributed by atoms with Crippen molar-refractivity contribution in [2.45, 2.75) is 31.7 Å². The maximum absolute atomic E-state index is 10.7. The van der Waals surface area contributed by atoms with E-state index in [1.807, 2.05) is 36.5 Å². The number of aliphatic hydroxyl groups excluding tert-OH is 1. The highest BCUT2D eigenvalue weighted by Crippen LogP contribution is 2.26. The van der Waals surface area contributed by atoms with Gasteiger partial charge in [0.15, 0.2) is 0 Å². The standard InChI is InChI=1S/C25H31N3O3/c1-27(2)16-21-12-18(4-7-24(21)30-3)15-28-11-9-25(23(29)17-28)31-22-6-5-19-8-10-26-14-20(19)13-22/h4-8,10,12-14,23,25,29H,9,11,15-17H2,1-3H3/t23-,25-/m1/s1. The van der Waals surface area contributed by atoms with Crippen LogP contribution in [0.25, 0.3) is 10.8 Å². The Hall–Kier alpha value is -2.67. The fraction of sp³-hybridized carbons (Fsp3) is 0.400. The Morgan fingerprint density at radius 1 is 1.13 bits per heavy atom. The smallest absolute Gasteiger partial charge is 0.127 e. The lowest BCUT2D eigenvalue weighted by Crippen LogP contribution is -2.48. The Balaban J connectivity index is 1.37. The van der Waals surface area contributed by atoms with Gasteiger partial charge in [-0.05, 0) is 61.8 Å². The van der Waals surface area contributed by atoms with E-state index < -0.39 is 6.10 Å². The molecule has 1 saturated heterocycles. The molecule has 0 saturated carbocycles. The topological polar surface area (TPSA) is 58.1 Å². The first-order chi connectivity index (χ1) is 15.0. The Kier molecular flexibility index (Phi) is 6.70. The molecular weight excluding hydrogens is 390 g/mol. The van der Waals surface area contributed by atoms with E-state index in [0.29, 0.717) is 6.54 Å². The number of nitrogens with zero attached hydrogens (tertiary/aromatic N) is 3. The lowest BCUT2D eigenvalue weighted by molar-refractivity contribution is -0.0274. The molecule has 1 aromatic heterocycles. The highest BCUT2D eigenvalue weighted by molar-refractivity contribution is 5.82. The van der Waals surface area contributed by atoms with Crippen molar-refractivity contribution in [3.63, 3.8) is 0 Å². The maximum atomic E-state index is 10.7. The summed E-state index contributed by atoms with van der Waals surface area (Å²) in [4.78, 5) is 8.60. The number of aliphatic hydroxyl groups is 1. The van der Waals surface area contributed by atoms with E-state index in [-0.39, 0.29) is 6.10 Å². The van der Waals surface area contributed by atoms with Crippen molar-refractivity contribution < 1.29 is 14.6 Å².